The minimum absolute atomic E-state index is 0.324. The van der Waals surface area contributed by atoms with Crippen molar-refractivity contribution in [2.45, 2.75) is 25.4 Å². The van der Waals surface area contributed by atoms with E-state index in [9.17, 15) is 5.11 Å². The molecule has 0 spiro atoms. The maximum absolute atomic E-state index is 9.81. The maximum atomic E-state index is 9.81. The van der Waals surface area contributed by atoms with Crippen molar-refractivity contribution in [1.29, 1.82) is 0 Å². The number of aromatic nitrogens is 1. The van der Waals surface area contributed by atoms with E-state index >= 15 is 0 Å². The third kappa shape index (κ3) is 1.50. The van der Waals surface area contributed by atoms with Crippen LogP contribution < -0.4 is 0 Å². The molecule has 1 N–H and O–H groups in total. The van der Waals surface area contributed by atoms with Gasteiger partial charge in [-0.15, -0.1) is 11.3 Å². The second kappa shape index (κ2) is 3.47. The number of nitrogens with zero attached hydrogens (tertiary/aromatic N) is 1. The Morgan fingerprint density at radius 1 is 1.53 bits per heavy atom. The Hall–Kier alpha value is -1.13. The van der Waals surface area contributed by atoms with E-state index < -0.39 is 0 Å². The number of fused-ring (bicyclic) bond motifs is 1. The van der Waals surface area contributed by atoms with Crippen LogP contribution in [0.25, 0.3) is 10.8 Å². The summed E-state index contributed by atoms with van der Waals surface area (Å²) in [5, 5.41) is 10.7. The third-order valence-corrected chi connectivity index (χ3v) is 3.87. The summed E-state index contributed by atoms with van der Waals surface area (Å²) in [5.74, 6) is 0.793. The van der Waals surface area contributed by atoms with Gasteiger partial charge in [0, 0.05) is 0 Å². The topological polar surface area (TPSA) is 46.3 Å². The molecule has 3 rings (SSSR count). The van der Waals surface area contributed by atoms with Gasteiger partial charge in [0.1, 0.15) is 0 Å². The van der Waals surface area contributed by atoms with Crippen molar-refractivity contribution in [3.05, 3.63) is 29.0 Å². The molecule has 0 saturated carbocycles. The van der Waals surface area contributed by atoms with Crippen LogP contribution >= 0.6 is 11.3 Å². The number of aliphatic hydroxyl groups excluding tert-OH is 1. The molecule has 1 atom stereocenters. The van der Waals surface area contributed by atoms with Crippen molar-refractivity contribution in [3.63, 3.8) is 0 Å². The predicted octanol–water partition coefficient (Wildman–Crippen LogP) is 2.77. The van der Waals surface area contributed by atoms with Gasteiger partial charge in [0.25, 0.3) is 0 Å². The normalized spacial score (nSPS) is 20.2. The van der Waals surface area contributed by atoms with Crippen molar-refractivity contribution in [1.82, 2.24) is 4.98 Å². The number of hydrogen-bond acceptors (Lipinski definition) is 4. The van der Waals surface area contributed by atoms with E-state index in [1.807, 2.05) is 12.1 Å². The molecule has 2 aromatic rings. The summed E-state index contributed by atoms with van der Waals surface area (Å²) in [6, 6.07) is 3.75. The van der Waals surface area contributed by atoms with Crippen LogP contribution in [0.2, 0.25) is 0 Å². The molecule has 0 aliphatic heterocycles. The Morgan fingerprint density at radius 2 is 2.47 bits per heavy atom. The molecule has 0 aromatic carbocycles. The van der Waals surface area contributed by atoms with Crippen LogP contribution in [0.15, 0.2) is 22.8 Å². The second-order valence-electron chi connectivity index (χ2n) is 3.72. The fourth-order valence-electron chi connectivity index (χ4n) is 1.90. The molecule has 1 aliphatic rings. The molecule has 2 aromatic heterocycles. The van der Waals surface area contributed by atoms with Crippen LogP contribution in [-0.4, -0.2) is 10.1 Å². The molecular formula is C11H11NO2S. The Labute approximate surface area is 91.4 Å². The molecule has 0 saturated heterocycles. The summed E-state index contributed by atoms with van der Waals surface area (Å²) in [5.41, 5.74) is 1.05. The molecule has 4 heteroatoms. The summed E-state index contributed by atoms with van der Waals surface area (Å²) in [6.45, 7) is 0. The predicted molar refractivity (Wildman–Crippen MR) is 57.7 cm³/mol. The van der Waals surface area contributed by atoms with Crippen molar-refractivity contribution in [3.8, 4) is 10.8 Å². The molecule has 1 aliphatic carbocycles. The summed E-state index contributed by atoms with van der Waals surface area (Å²) in [4.78, 5) is 5.53. The number of furan rings is 1. The van der Waals surface area contributed by atoms with Crippen LogP contribution in [0, 0.1) is 0 Å². The average Bonchev–Trinajstić information content (AvgIpc) is 2.86. The van der Waals surface area contributed by atoms with Crippen molar-refractivity contribution in [2.75, 3.05) is 0 Å². The average molecular weight is 221 g/mol. The molecule has 0 amide bonds. The first-order valence-corrected chi connectivity index (χ1v) is 5.88. The van der Waals surface area contributed by atoms with Gasteiger partial charge >= 0.3 is 0 Å². The molecule has 0 bridgehead atoms. The Kier molecular flexibility index (Phi) is 2.11. The highest BCUT2D eigenvalue weighted by atomic mass is 32.1. The summed E-state index contributed by atoms with van der Waals surface area (Å²) >= 11 is 1.55. The molecule has 2 heterocycles. The molecular weight excluding hydrogens is 210 g/mol. The number of thiazole rings is 1. The van der Waals surface area contributed by atoms with Gasteiger partial charge in [0.05, 0.1) is 22.9 Å². The van der Waals surface area contributed by atoms with Gasteiger partial charge in [0.2, 0.25) is 0 Å². The number of aryl methyl sites for hydroxylation is 1. The van der Waals surface area contributed by atoms with Gasteiger partial charge in [-0.05, 0) is 31.4 Å². The first-order valence-electron chi connectivity index (χ1n) is 5.06. The molecule has 0 radical (unpaired) electrons. The zero-order valence-electron chi connectivity index (χ0n) is 8.14. The van der Waals surface area contributed by atoms with E-state index in [0.29, 0.717) is 0 Å². The highest BCUT2D eigenvalue weighted by Crippen LogP contribution is 2.37. The zero-order chi connectivity index (χ0) is 10.3. The van der Waals surface area contributed by atoms with Gasteiger partial charge in [-0.25, -0.2) is 4.98 Å². The highest BCUT2D eigenvalue weighted by Gasteiger charge is 2.23. The van der Waals surface area contributed by atoms with Gasteiger partial charge in [-0.3, -0.25) is 0 Å². The smallest absolute Gasteiger partial charge is 0.162 e. The molecule has 0 fully saturated rings. The first-order chi connectivity index (χ1) is 7.34. The Bertz CT molecular complexity index is 461. The van der Waals surface area contributed by atoms with Crippen molar-refractivity contribution in [2.24, 2.45) is 0 Å². The molecule has 1 unspecified atom stereocenters. The van der Waals surface area contributed by atoms with E-state index in [2.05, 4.69) is 4.98 Å². The summed E-state index contributed by atoms with van der Waals surface area (Å²) in [6.07, 6.45) is 4.17. The van der Waals surface area contributed by atoms with E-state index in [1.54, 1.807) is 17.6 Å². The lowest BCUT2D eigenvalue weighted by Gasteiger charge is -2.14. The van der Waals surface area contributed by atoms with Crippen LogP contribution in [-0.2, 0) is 6.42 Å². The largest absolute Gasteiger partial charge is 0.462 e. The van der Waals surface area contributed by atoms with Crippen molar-refractivity contribution >= 4 is 11.3 Å². The SMILES string of the molecule is OC1CCCc2nc(-c3ccco3)sc21. The molecule has 78 valence electrons. The third-order valence-electron chi connectivity index (χ3n) is 2.65. The van der Waals surface area contributed by atoms with Crippen molar-refractivity contribution < 1.29 is 9.52 Å². The van der Waals surface area contributed by atoms with Gasteiger partial charge in [-0.2, -0.15) is 0 Å². The fourth-order valence-corrected chi connectivity index (χ4v) is 3.00. The standard InChI is InChI=1S/C11H11NO2S/c13-8-4-1-3-7-10(8)15-11(12-7)9-5-2-6-14-9/h2,5-6,8,13H,1,3-4H2. The number of rotatable bonds is 1. The summed E-state index contributed by atoms with van der Waals surface area (Å²) < 4.78 is 5.30. The summed E-state index contributed by atoms with van der Waals surface area (Å²) in [7, 11) is 0. The van der Waals surface area contributed by atoms with Gasteiger partial charge in [0.15, 0.2) is 10.8 Å². The van der Waals surface area contributed by atoms with Crippen LogP contribution in [0.4, 0.5) is 0 Å². The molecule has 15 heavy (non-hydrogen) atoms. The number of hydrogen-bond donors (Lipinski definition) is 1. The lowest BCUT2D eigenvalue weighted by molar-refractivity contribution is 0.160. The van der Waals surface area contributed by atoms with Gasteiger partial charge < -0.3 is 9.52 Å². The lowest BCUT2D eigenvalue weighted by Crippen LogP contribution is -2.06. The van der Waals surface area contributed by atoms with Crippen LogP contribution in [0.3, 0.4) is 0 Å². The van der Waals surface area contributed by atoms with E-state index in [1.165, 1.54) is 0 Å². The monoisotopic (exact) mass is 221 g/mol. The second-order valence-corrected chi connectivity index (χ2v) is 4.75. The van der Waals surface area contributed by atoms with E-state index in [0.717, 1.165) is 40.6 Å². The maximum Gasteiger partial charge on any atom is 0.162 e. The Balaban J connectivity index is 2.06. The van der Waals surface area contributed by atoms with Crippen LogP contribution in [0.1, 0.15) is 29.5 Å². The fraction of sp³-hybridized carbons (Fsp3) is 0.364. The minimum atomic E-state index is -0.324. The zero-order valence-corrected chi connectivity index (χ0v) is 8.96. The van der Waals surface area contributed by atoms with Crippen LogP contribution in [0.5, 0.6) is 0 Å². The number of aliphatic hydroxyl groups is 1. The van der Waals surface area contributed by atoms with Gasteiger partial charge in [-0.1, -0.05) is 0 Å². The first kappa shape index (κ1) is 9.12. The quantitative estimate of drug-likeness (QED) is 0.805. The van der Waals surface area contributed by atoms with E-state index in [-0.39, 0.29) is 6.10 Å². The van der Waals surface area contributed by atoms with E-state index in [4.69, 9.17) is 4.42 Å². The molecule has 3 nitrogen and oxygen atoms in total. The lowest BCUT2D eigenvalue weighted by atomic mass is 10.0. The minimum Gasteiger partial charge on any atom is -0.462 e. The highest BCUT2D eigenvalue weighted by molar-refractivity contribution is 7.15. The Morgan fingerprint density at radius 3 is 3.20 bits per heavy atom.